The lowest BCUT2D eigenvalue weighted by Crippen LogP contribution is -2.50. The van der Waals surface area contributed by atoms with E-state index < -0.39 is 5.91 Å². The first-order valence-corrected chi connectivity index (χ1v) is 13.1. The van der Waals surface area contributed by atoms with E-state index in [2.05, 4.69) is 32.6 Å². The van der Waals surface area contributed by atoms with Crippen LogP contribution in [0.1, 0.15) is 113 Å². The zero-order chi connectivity index (χ0) is 23.3. The molecule has 2 aliphatic carbocycles. The van der Waals surface area contributed by atoms with E-state index in [1.807, 2.05) is 6.07 Å². The number of carbonyl (C=O) groups is 2. The van der Waals surface area contributed by atoms with Crippen molar-refractivity contribution in [3.05, 3.63) is 35.4 Å². The van der Waals surface area contributed by atoms with Gasteiger partial charge in [0.2, 0.25) is 5.91 Å². The molecule has 0 bridgehead atoms. The normalized spacial score (nSPS) is 28.0. The summed E-state index contributed by atoms with van der Waals surface area (Å²) in [7, 11) is 0. The van der Waals surface area contributed by atoms with Crippen LogP contribution in [0, 0.1) is 23.7 Å². The smallest absolute Gasteiger partial charge is 0.254 e. The second-order valence-corrected chi connectivity index (χ2v) is 10.6. The fourth-order valence-corrected chi connectivity index (χ4v) is 6.15. The molecule has 2 unspecified atom stereocenters. The molecule has 2 amide bonds. The number of carbonyl (C=O) groups excluding carboxylic acids is 2. The van der Waals surface area contributed by atoms with E-state index in [1.165, 1.54) is 38.5 Å². The Labute approximate surface area is 195 Å². The van der Waals surface area contributed by atoms with Crippen molar-refractivity contribution in [3.8, 4) is 0 Å². The van der Waals surface area contributed by atoms with Gasteiger partial charge >= 0.3 is 0 Å². The van der Waals surface area contributed by atoms with Gasteiger partial charge in [0, 0.05) is 23.2 Å². The summed E-state index contributed by atoms with van der Waals surface area (Å²) in [6, 6.07) is 7.63. The first-order chi connectivity index (χ1) is 15.3. The molecule has 2 saturated carbocycles. The summed E-state index contributed by atoms with van der Waals surface area (Å²) in [5.74, 6) is 2.71. The Morgan fingerprint density at radius 2 is 1.28 bits per heavy atom. The van der Waals surface area contributed by atoms with E-state index >= 15 is 0 Å². The molecular formula is C28H44N2O2. The predicted octanol–water partition coefficient (Wildman–Crippen LogP) is 6.44. The highest BCUT2D eigenvalue weighted by atomic mass is 16.2. The fourth-order valence-electron chi connectivity index (χ4n) is 6.15. The van der Waals surface area contributed by atoms with Crippen LogP contribution >= 0.6 is 0 Å². The van der Waals surface area contributed by atoms with Crippen molar-refractivity contribution in [2.75, 3.05) is 0 Å². The average molecular weight is 441 g/mol. The number of benzene rings is 1. The number of primary amides is 1. The van der Waals surface area contributed by atoms with Crippen LogP contribution in [-0.4, -0.2) is 28.8 Å². The van der Waals surface area contributed by atoms with Crippen LogP contribution in [0.25, 0.3) is 0 Å². The highest BCUT2D eigenvalue weighted by Crippen LogP contribution is 2.39. The van der Waals surface area contributed by atoms with E-state index in [0.29, 0.717) is 23.2 Å². The monoisotopic (exact) mass is 440 g/mol. The first kappa shape index (κ1) is 24.8. The molecule has 1 aromatic rings. The predicted molar refractivity (Wildman–Crippen MR) is 132 cm³/mol. The van der Waals surface area contributed by atoms with Crippen LogP contribution in [0.2, 0.25) is 0 Å². The van der Waals surface area contributed by atoms with Crippen molar-refractivity contribution in [1.29, 1.82) is 0 Å². The van der Waals surface area contributed by atoms with Crippen LogP contribution in [0.15, 0.2) is 24.3 Å². The minimum absolute atomic E-state index is 0.0899. The number of nitrogens with two attached hydrogens (primary N) is 1. The highest BCUT2D eigenvalue weighted by Gasteiger charge is 2.37. The summed E-state index contributed by atoms with van der Waals surface area (Å²) >= 11 is 0. The number of rotatable bonds is 8. The maximum atomic E-state index is 13.8. The topological polar surface area (TPSA) is 63.4 Å². The van der Waals surface area contributed by atoms with Crippen LogP contribution in [0.5, 0.6) is 0 Å². The number of hydrogen-bond donors (Lipinski definition) is 1. The number of amides is 2. The largest absolute Gasteiger partial charge is 0.366 e. The minimum Gasteiger partial charge on any atom is -0.366 e. The molecular weight excluding hydrogens is 396 g/mol. The van der Waals surface area contributed by atoms with Gasteiger partial charge in [-0.25, -0.2) is 0 Å². The number of hydrogen-bond acceptors (Lipinski definition) is 2. The molecule has 0 aromatic heterocycles. The second-order valence-electron chi connectivity index (χ2n) is 10.6. The van der Waals surface area contributed by atoms with E-state index in [4.69, 9.17) is 5.73 Å². The van der Waals surface area contributed by atoms with Gasteiger partial charge in [-0.2, -0.15) is 0 Å². The van der Waals surface area contributed by atoms with Crippen molar-refractivity contribution in [2.45, 2.75) is 104 Å². The molecule has 2 fully saturated rings. The Balaban J connectivity index is 1.80. The highest BCUT2D eigenvalue weighted by molar-refractivity contribution is 5.99. The lowest BCUT2D eigenvalue weighted by atomic mass is 9.75. The Hall–Kier alpha value is -1.84. The number of nitrogens with zero attached hydrogens (tertiary/aromatic N) is 1. The fraction of sp³-hybridized carbons (Fsp3) is 0.714. The average Bonchev–Trinajstić information content (AvgIpc) is 2.84. The van der Waals surface area contributed by atoms with Gasteiger partial charge in [-0.15, -0.1) is 0 Å². The van der Waals surface area contributed by atoms with E-state index in [-0.39, 0.29) is 5.91 Å². The standard InChI is InChI=1S/C28H44N2O2/c1-5-19(3)21-10-14-25(15-11-21)30(26-16-12-22(13-17-26)20(4)6-2)28(32)24-9-7-8-23(18-24)27(29)31/h7-9,18-22,25-26H,5-6,10-17H2,1-4H3,(H2,29,31). The summed E-state index contributed by atoms with van der Waals surface area (Å²) in [5, 5.41) is 0. The lowest BCUT2D eigenvalue weighted by molar-refractivity contribution is 0.0336. The van der Waals surface area contributed by atoms with Crippen LogP contribution in [0.3, 0.4) is 0 Å². The van der Waals surface area contributed by atoms with E-state index in [1.54, 1.807) is 18.2 Å². The lowest BCUT2D eigenvalue weighted by Gasteiger charge is -2.45. The van der Waals surface area contributed by atoms with Crippen LogP contribution in [-0.2, 0) is 0 Å². The molecule has 2 N–H and O–H groups in total. The van der Waals surface area contributed by atoms with Crippen LogP contribution in [0.4, 0.5) is 0 Å². The molecule has 2 atom stereocenters. The molecule has 32 heavy (non-hydrogen) atoms. The molecule has 178 valence electrons. The van der Waals surface area contributed by atoms with Gasteiger partial charge in [-0.1, -0.05) is 46.6 Å². The summed E-state index contributed by atoms with van der Waals surface area (Å²) < 4.78 is 0. The maximum absolute atomic E-state index is 13.8. The summed E-state index contributed by atoms with van der Waals surface area (Å²) in [5.41, 5.74) is 6.51. The third-order valence-electron chi connectivity index (χ3n) is 8.80. The van der Waals surface area contributed by atoms with Crippen molar-refractivity contribution in [3.63, 3.8) is 0 Å². The summed E-state index contributed by atoms with van der Waals surface area (Å²) in [6.07, 6.45) is 11.7. The third kappa shape index (κ3) is 5.74. The third-order valence-corrected chi connectivity index (χ3v) is 8.80. The molecule has 1 aromatic carbocycles. The zero-order valence-corrected chi connectivity index (χ0v) is 20.7. The van der Waals surface area contributed by atoms with Gasteiger partial charge < -0.3 is 10.6 Å². The molecule has 0 aliphatic heterocycles. The van der Waals surface area contributed by atoms with Gasteiger partial charge in [-0.3, -0.25) is 9.59 Å². The molecule has 3 rings (SSSR count). The van der Waals surface area contributed by atoms with E-state index in [0.717, 1.165) is 49.4 Å². The summed E-state index contributed by atoms with van der Waals surface area (Å²) in [6.45, 7) is 9.32. The van der Waals surface area contributed by atoms with Gasteiger partial charge in [-0.05, 0) is 93.2 Å². The van der Waals surface area contributed by atoms with Crippen LogP contribution < -0.4 is 5.73 Å². The first-order valence-electron chi connectivity index (χ1n) is 13.1. The van der Waals surface area contributed by atoms with Gasteiger partial charge in [0.15, 0.2) is 0 Å². The second kappa shape index (κ2) is 11.3. The Kier molecular flexibility index (Phi) is 8.79. The molecule has 4 heteroatoms. The minimum atomic E-state index is -0.477. The Morgan fingerprint density at radius 1 is 0.844 bits per heavy atom. The molecule has 4 nitrogen and oxygen atoms in total. The van der Waals surface area contributed by atoms with Crippen molar-refractivity contribution in [1.82, 2.24) is 4.90 Å². The Morgan fingerprint density at radius 3 is 1.69 bits per heavy atom. The van der Waals surface area contributed by atoms with Crippen molar-refractivity contribution < 1.29 is 9.59 Å². The molecule has 0 heterocycles. The van der Waals surface area contributed by atoms with Gasteiger partial charge in [0.05, 0.1) is 0 Å². The molecule has 2 aliphatic rings. The van der Waals surface area contributed by atoms with Crippen molar-refractivity contribution >= 4 is 11.8 Å². The maximum Gasteiger partial charge on any atom is 0.254 e. The van der Waals surface area contributed by atoms with Crippen molar-refractivity contribution in [2.24, 2.45) is 29.4 Å². The van der Waals surface area contributed by atoms with Gasteiger partial charge in [0.25, 0.3) is 5.91 Å². The molecule has 0 saturated heterocycles. The quantitative estimate of drug-likeness (QED) is 0.506. The molecule has 0 radical (unpaired) electrons. The van der Waals surface area contributed by atoms with E-state index in [9.17, 15) is 9.59 Å². The summed E-state index contributed by atoms with van der Waals surface area (Å²) in [4.78, 5) is 27.8. The SMILES string of the molecule is CCC(C)C1CCC(N(C(=O)c2cccc(C(N)=O)c2)C2CCC(C(C)CC)CC2)CC1. The van der Waals surface area contributed by atoms with Gasteiger partial charge in [0.1, 0.15) is 0 Å². The molecule has 0 spiro atoms. The zero-order valence-electron chi connectivity index (χ0n) is 20.7. The Bertz CT molecular complexity index is 730.